The van der Waals surface area contributed by atoms with Crippen molar-refractivity contribution in [1.29, 1.82) is 0 Å². The molecule has 0 spiro atoms. The van der Waals surface area contributed by atoms with Crippen LogP contribution in [-0.4, -0.2) is 61.6 Å². The van der Waals surface area contributed by atoms with Crippen molar-refractivity contribution in [2.24, 2.45) is 0 Å². The summed E-state index contributed by atoms with van der Waals surface area (Å²) in [5, 5.41) is 5.73. The molecule has 2 aromatic rings. The Morgan fingerprint density at radius 1 is 1.11 bits per heavy atom. The van der Waals surface area contributed by atoms with Crippen LogP contribution in [-0.2, 0) is 20.9 Å². The van der Waals surface area contributed by atoms with Crippen molar-refractivity contribution in [3.8, 4) is 11.5 Å². The molecule has 3 atom stereocenters. The lowest BCUT2D eigenvalue weighted by Gasteiger charge is -2.42. The Balaban J connectivity index is 1.36. The predicted octanol–water partition coefficient (Wildman–Crippen LogP) is 3.13. The summed E-state index contributed by atoms with van der Waals surface area (Å²) in [5.74, 6) is 0.820. The van der Waals surface area contributed by atoms with Crippen LogP contribution in [0.4, 0.5) is 5.69 Å². The van der Waals surface area contributed by atoms with Crippen molar-refractivity contribution < 1.29 is 28.6 Å². The van der Waals surface area contributed by atoms with Crippen LogP contribution in [0.15, 0.2) is 42.5 Å². The van der Waals surface area contributed by atoms with Gasteiger partial charge in [0, 0.05) is 25.7 Å². The van der Waals surface area contributed by atoms with E-state index < -0.39 is 0 Å². The second-order valence-corrected chi connectivity index (χ2v) is 9.11. The maximum atomic E-state index is 13.3. The number of hydrogen-bond donors (Lipinski definition) is 2. The third kappa shape index (κ3) is 5.96. The topological polar surface area (TPSA) is 106 Å². The number of ether oxygens (including phenoxy) is 3. The van der Waals surface area contributed by atoms with E-state index >= 15 is 0 Å². The van der Waals surface area contributed by atoms with E-state index in [1.165, 1.54) is 0 Å². The molecule has 0 aromatic heterocycles. The Bertz CT molecular complexity index is 1100. The number of benzene rings is 2. The first kappa shape index (κ1) is 25.5. The summed E-state index contributed by atoms with van der Waals surface area (Å²) in [6.07, 6.45) is 1.36. The zero-order valence-corrected chi connectivity index (χ0v) is 20.9. The summed E-state index contributed by atoms with van der Waals surface area (Å²) < 4.78 is 17.4. The first-order valence-corrected chi connectivity index (χ1v) is 12.3. The minimum atomic E-state index is -0.347. The van der Waals surface area contributed by atoms with E-state index in [4.69, 9.17) is 14.2 Å². The molecule has 1 fully saturated rings. The molecule has 0 aliphatic carbocycles. The van der Waals surface area contributed by atoms with E-state index in [0.29, 0.717) is 42.8 Å². The van der Waals surface area contributed by atoms with Gasteiger partial charge in [0.25, 0.3) is 5.91 Å². The van der Waals surface area contributed by atoms with Crippen LogP contribution in [0, 0.1) is 0 Å². The molecule has 192 valence electrons. The van der Waals surface area contributed by atoms with E-state index in [2.05, 4.69) is 10.6 Å². The van der Waals surface area contributed by atoms with Crippen molar-refractivity contribution in [3.05, 3.63) is 53.6 Å². The highest BCUT2D eigenvalue weighted by Crippen LogP contribution is 2.32. The number of hydrogen-bond acceptors (Lipinski definition) is 6. The van der Waals surface area contributed by atoms with Gasteiger partial charge in [-0.1, -0.05) is 19.1 Å². The summed E-state index contributed by atoms with van der Waals surface area (Å²) in [5.41, 5.74) is 1.95. The van der Waals surface area contributed by atoms with Gasteiger partial charge in [0.2, 0.25) is 11.8 Å². The normalized spacial score (nSPS) is 21.2. The fourth-order valence-corrected chi connectivity index (χ4v) is 4.58. The largest absolute Gasteiger partial charge is 0.497 e. The molecule has 2 aromatic carbocycles. The molecule has 0 unspecified atom stereocenters. The maximum Gasteiger partial charge on any atom is 0.257 e. The molecule has 0 radical (unpaired) electrons. The van der Waals surface area contributed by atoms with Gasteiger partial charge in [-0.25, -0.2) is 0 Å². The zero-order valence-electron chi connectivity index (χ0n) is 20.9. The van der Waals surface area contributed by atoms with Crippen molar-refractivity contribution >= 4 is 23.4 Å². The summed E-state index contributed by atoms with van der Waals surface area (Å²) >= 11 is 0. The van der Waals surface area contributed by atoms with Gasteiger partial charge in [0.05, 0.1) is 31.2 Å². The highest BCUT2D eigenvalue weighted by atomic mass is 16.5. The highest BCUT2D eigenvalue weighted by Gasteiger charge is 2.39. The molecule has 2 aliphatic heterocycles. The molecule has 4 rings (SSSR count). The number of nitrogens with one attached hydrogen (secondary N) is 2. The maximum absolute atomic E-state index is 13.3. The number of rotatable bonds is 7. The summed E-state index contributed by atoms with van der Waals surface area (Å²) in [6.45, 7) is 2.46. The van der Waals surface area contributed by atoms with E-state index in [1.807, 2.05) is 24.3 Å². The standard InChI is InChI=1S/C27H33N3O6/c1-4-25(31)29-18-7-12-23-21(13-18)27(33)30(2)22-11-10-20(36-24(22)16-35-23)14-26(32)28-15-17-5-8-19(34-3)9-6-17/h5-9,12-13,20,22,24H,4,10-11,14-16H2,1-3H3,(H,28,32)(H,29,31)/t20-,22-,24+/m0/s1. The third-order valence-electron chi connectivity index (χ3n) is 6.68. The molecule has 0 saturated carbocycles. The number of likely N-dealkylation sites (N-methyl/N-ethyl adjacent to an activating group) is 1. The second-order valence-electron chi connectivity index (χ2n) is 9.11. The highest BCUT2D eigenvalue weighted by molar-refractivity contribution is 5.99. The summed E-state index contributed by atoms with van der Waals surface area (Å²) in [4.78, 5) is 39.3. The number of anilines is 1. The number of carbonyl (C=O) groups excluding carboxylic acids is 3. The van der Waals surface area contributed by atoms with Crippen LogP contribution in [0.2, 0.25) is 0 Å². The molecular weight excluding hydrogens is 462 g/mol. The van der Waals surface area contributed by atoms with Crippen molar-refractivity contribution in [2.45, 2.75) is 57.4 Å². The van der Waals surface area contributed by atoms with E-state index in [1.54, 1.807) is 44.2 Å². The number of amides is 3. The minimum absolute atomic E-state index is 0.0857. The van der Waals surface area contributed by atoms with E-state index in [-0.39, 0.29) is 49.0 Å². The smallest absolute Gasteiger partial charge is 0.257 e. The van der Waals surface area contributed by atoms with E-state index in [9.17, 15) is 14.4 Å². The first-order valence-electron chi connectivity index (χ1n) is 12.3. The molecule has 0 bridgehead atoms. The van der Waals surface area contributed by atoms with Crippen LogP contribution in [0.1, 0.15) is 48.5 Å². The van der Waals surface area contributed by atoms with Gasteiger partial charge in [0.1, 0.15) is 24.2 Å². The van der Waals surface area contributed by atoms with Gasteiger partial charge in [-0.05, 0) is 48.7 Å². The van der Waals surface area contributed by atoms with Gasteiger partial charge in [-0.2, -0.15) is 0 Å². The zero-order chi connectivity index (χ0) is 25.7. The number of nitrogens with zero attached hydrogens (tertiary/aromatic N) is 1. The van der Waals surface area contributed by atoms with Crippen LogP contribution < -0.4 is 20.1 Å². The van der Waals surface area contributed by atoms with Gasteiger partial charge in [-0.3, -0.25) is 14.4 Å². The molecule has 9 nitrogen and oxygen atoms in total. The van der Waals surface area contributed by atoms with E-state index in [0.717, 1.165) is 11.3 Å². The number of carbonyl (C=O) groups is 3. The predicted molar refractivity (Wildman–Crippen MR) is 134 cm³/mol. The van der Waals surface area contributed by atoms with Crippen molar-refractivity contribution in [2.75, 3.05) is 26.1 Å². The quantitative estimate of drug-likeness (QED) is 0.611. The molecule has 1 saturated heterocycles. The van der Waals surface area contributed by atoms with Gasteiger partial charge in [0.15, 0.2) is 0 Å². The lowest BCUT2D eigenvalue weighted by Crippen LogP contribution is -2.53. The summed E-state index contributed by atoms with van der Waals surface area (Å²) in [7, 11) is 3.38. The molecule has 9 heteroatoms. The van der Waals surface area contributed by atoms with Gasteiger partial charge < -0.3 is 29.7 Å². The molecule has 2 N–H and O–H groups in total. The molecule has 3 amide bonds. The monoisotopic (exact) mass is 495 g/mol. The molecular formula is C27H33N3O6. The number of fused-ring (bicyclic) bond motifs is 2. The minimum Gasteiger partial charge on any atom is -0.497 e. The van der Waals surface area contributed by atoms with Crippen LogP contribution >= 0.6 is 0 Å². The SMILES string of the molecule is CCC(=O)Nc1ccc2c(c1)C(=O)N(C)[C@H]1CC[C@@H](CC(=O)NCc3ccc(OC)cc3)O[C@@H]1CO2. The third-order valence-corrected chi connectivity index (χ3v) is 6.68. The molecule has 36 heavy (non-hydrogen) atoms. The fourth-order valence-electron chi connectivity index (χ4n) is 4.58. The molecule has 2 heterocycles. The Hall–Kier alpha value is -3.59. The fraction of sp³-hybridized carbons (Fsp3) is 0.444. The van der Waals surface area contributed by atoms with Crippen LogP contribution in [0.25, 0.3) is 0 Å². The lowest BCUT2D eigenvalue weighted by molar-refractivity contribution is -0.134. The molecule has 2 aliphatic rings. The van der Waals surface area contributed by atoms with Gasteiger partial charge >= 0.3 is 0 Å². The summed E-state index contributed by atoms with van der Waals surface area (Å²) in [6, 6.07) is 12.4. The van der Waals surface area contributed by atoms with Crippen molar-refractivity contribution in [1.82, 2.24) is 10.2 Å². The average molecular weight is 496 g/mol. The lowest BCUT2D eigenvalue weighted by atomic mass is 9.94. The Morgan fingerprint density at radius 3 is 2.61 bits per heavy atom. The first-order chi connectivity index (χ1) is 17.4. The number of methoxy groups -OCH3 is 1. The van der Waals surface area contributed by atoms with Crippen LogP contribution in [0.3, 0.4) is 0 Å². The Labute approximate surface area is 211 Å². The van der Waals surface area contributed by atoms with Crippen LogP contribution in [0.5, 0.6) is 11.5 Å². The Kier molecular flexibility index (Phi) is 8.10. The Morgan fingerprint density at radius 2 is 1.89 bits per heavy atom. The second kappa shape index (κ2) is 11.4. The van der Waals surface area contributed by atoms with Crippen molar-refractivity contribution in [3.63, 3.8) is 0 Å². The average Bonchev–Trinajstić information content (AvgIpc) is 2.90. The van der Waals surface area contributed by atoms with Gasteiger partial charge in [-0.15, -0.1) is 0 Å².